The third-order valence-electron chi connectivity index (χ3n) is 2.61. The molecule has 1 fully saturated rings. The van der Waals surface area contributed by atoms with Gasteiger partial charge < -0.3 is 0 Å². The Bertz CT molecular complexity index is 451. The predicted octanol–water partition coefficient (Wildman–Crippen LogP) is 2.98. The fourth-order valence-corrected chi connectivity index (χ4v) is 5.00. The van der Waals surface area contributed by atoms with Crippen molar-refractivity contribution < 1.29 is 8.42 Å². The molecule has 0 atom stereocenters. The Kier molecular flexibility index (Phi) is 4.05. The highest BCUT2D eigenvalue weighted by molar-refractivity contribution is 9.10. The molecule has 1 heterocycles. The van der Waals surface area contributed by atoms with Crippen molar-refractivity contribution in [1.82, 2.24) is 4.72 Å². The van der Waals surface area contributed by atoms with Crippen LogP contribution >= 0.6 is 27.3 Å². The highest BCUT2D eigenvalue weighted by atomic mass is 79.9. The van der Waals surface area contributed by atoms with Crippen molar-refractivity contribution in [2.75, 3.05) is 6.54 Å². The molecule has 1 N–H and O–H groups in total. The zero-order chi connectivity index (χ0) is 11.6. The van der Waals surface area contributed by atoms with Crippen LogP contribution in [0.4, 0.5) is 0 Å². The normalized spacial score (nSPS) is 16.6. The number of thiophene rings is 1. The molecule has 1 aliphatic carbocycles. The van der Waals surface area contributed by atoms with Crippen LogP contribution in [0.2, 0.25) is 0 Å². The van der Waals surface area contributed by atoms with Crippen molar-refractivity contribution in [3.63, 3.8) is 0 Å². The minimum absolute atomic E-state index is 0.374. The molecule has 0 aromatic carbocycles. The Morgan fingerprint density at radius 1 is 1.50 bits per heavy atom. The standard InChI is InChI=1S/C10H14BrNO2S2/c11-9-5-7-15-10(9)16(13,14)12-6-1-2-8-3-4-8/h5,7-8,12H,1-4,6H2. The maximum absolute atomic E-state index is 11.8. The molecule has 90 valence electrons. The molecule has 0 bridgehead atoms. The second kappa shape index (κ2) is 5.16. The molecule has 16 heavy (non-hydrogen) atoms. The molecule has 0 aliphatic heterocycles. The van der Waals surface area contributed by atoms with Crippen LogP contribution in [-0.4, -0.2) is 15.0 Å². The van der Waals surface area contributed by atoms with Crippen LogP contribution in [0, 0.1) is 5.92 Å². The van der Waals surface area contributed by atoms with Gasteiger partial charge in [-0.1, -0.05) is 12.8 Å². The Morgan fingerprint density at radius 2 is 2.25 bits per heavy atom. The van der Waals surface area contributed by atoms with E-state index in [9.17, 15) is 8.42 Å². The first-order valence-corrected chi connectivity index (χ1v) is 8.48. The first-order chi connectivity index (χ1) is 7.59. The topological polar surface area (TPSA) is 46.2 Å². The SMILES string of the molecule is O=S(=O)(NCCCC1CC1)c1sccc1Br. The van der Waals surface area contributed by atoms with Crippen LogP contribution in [-0.2, 0) is 10.0 Å². The van der Waals surface area contributed by atoms with Crippen LogP contribution in [0.3, 0.4) is 0 Å². The van der Waals surface area contributed by atoms with Crippen molar-refractivity contribution in [3.05, 3.63) is 15.9 Å². The summed E-state index contributed by atoms with van der Waals surface area (Å²) < 4.78 is 27.3. The fraction of sp³-hybridized carbons (Fsp3) is 0.600. The zero-order valence-corrected chi connectivity index (χ0v) is 12.0. The van der Waals surface area contributed by atoms with Gasteiger partial charge in [-0.15, -0.1) is 11.3 Å². The fourth-order valence-electron chi connectivity index (χ4n) is 1.54. The molecule has 0 spiro atoms. The van der Waals surface area contributed by atoms with E-state index in [1.165, 1.54) is 24.2 Å². The van der Waals surface area contributed by atoms with Crippen LogP contribution in [0.5, 0.6) is 0 Å². The van der Waals surface area contributed by atoms with Crippen molar-refractivity contribution in [2.45, 2.75) is 29.9 Å². The molecule has 6 heteroatoms. The molecule has 0 radical (unpaired) electrons. The maximum Gasteiger partial charge on any atom is 0.251 e. The summed E-state index contributed by atoms with van der Waals surface area (Å²) in [4.78, 5) is 0. The molecule has 3 nitrogen and oxygen atoms in total. The second-order valence-corrected chi connectivity index (χ2v) is 7.77. The first-order valence-electron chi connectivity index (χ1n) is 5.32. The van der Waals surface area contributed by atoms with Gasteiger partial charge in [-0.05, 0) is 46.1 Å². The molecule has 1 saturated carbocycles. The van der Waals surface area contributed by atoms with Gasteiger partial charge in [0, 0.05) is 11.0 Å². The number of sulfonamides is 1. The number of halogens is 1. The summed E-state index contributed by atoms with van der Waals surface area (Å²) in [7, 11) is -3.30. The average molecular weight is 324 g/mol. The lowest BCUT2D eigenvalue weighted by atomic mass is 10.2. The summed E-state index contributed by atoms with van der Waals surface area (Å²) in [6, 6.07) is 1.75. The highest BCUT2D eigenvalue weighted by Gasteiger charge is 2.21. The number of nitrogens with one attached hydrogen (secondary N) is 1. The van der Waals surface area contributed by atoms with Crippen LogP contribution in [0.25, 0.3) is 0 Å². The van der Waals surface area contributed by atoms with Gasteiger partial charge in [-0.2, -0.15) is 0 Å². The van der Waals surface area contributed by atoms with E-state index in [0.29, 0.717) is 15.2 Å². The zero-order valence-electron chi connectivity index (χ0n) is 8.78. The Balaban J connectivity index is 1.85. The monoisotopic (exact) mass is 323 g/mol. The van der Waals surface area contributed by atoms with Gasteiger partial charge in [0.2, 0.25) is 0 Å². The van der Waals surface area contributed by atoms with Gasteiger partial charge in [-0.25, -0.2) is 13.1 Å². The number of rotatable bonds is 6. The summed E-state index contributed by atoms with van der Waals surface area (Å²) >= 11 is 4.47. The highest BCUT2D eigenvalue weighted by Crippen LogP contribution is 2.33. The van der Waals surface area contributed by atoms with E-state index in [-0.39, 0.29) is 0 Å². The molecule has 1 aromatic rings. The van der Waals surface area contributed by atoms with Crippen LogP contribution < -0.4 is 4.72 Å². The number of hydrogen-bond donors (Lipinski definition) is 1. The van der Waals surface area contributed by atoms with E-state index in [0.717, 1.165) is 18.8 Å². The van der Waals surface area contributed by atoms with Gasteiger partial charge in [0.25, 0.3) is 10.0 Å². The van der Waals surface area contributed by atoms with E-state index in [2.05, 4.69) is 20.7 Å². The molecule has 1 aliphatic rings. The van der Waals surface area contributed by atoms with Crippen molar-refractivity contribution >= 4 is 37.3 Å². The third kappa shape index (κ3) is 3.29. The van der Waals surface area contributed by atoms with E-state index in [1.807, 2.05) is 0 Å². The third-order valence-corrected chi connectivity index (χ3v) is 6.74. The lowest BCUT2D eigenvalue weighted by Gasteiger charge is -2.04. The van der Waals surface area contributed by atoms with Crippen molar-refractivity contribution in [3.8, 4) is 0 Å². The maximum atomic E-state index is 11.8. The second-order valence-electron chi connectivity index (χ2n) is 4.04. The number of hydrogen-bond acceptors (Lipinski definition) is 3. The molecular formula is C10H14BrNO2S2. The largest absolute Gasteiger partial charge is 0.251 e. The molecule has 0 unspecified atom stereocenters. The lowest BCUT2D eigenvalue weighted by molar-refractivity contribution is 0.574. The minimum Gasteiger partial charge on any atom is -0.210 e. The predicted molar refractivity (Wildman–Crippen MR) is 69.2 cm³/mol. The van der Waals surface area contributed by atoms with Gasteiger partial charge in [0.05, 0.1) is 0 Å². The van der Waals surface area contributed by atoms with Gasteiger partial charge >= 0.3 is 0 Å². The summed E-state index contributed by atoms with van der Waals surface area (Å²) in [6.07, 6.45) is 4.73. The van der Waals surface area contributed by atoms with Crippen molar-refractivity contribution in [2.24, 2.45) is 5.92 Å². The quantitative estimate of drug-likeness (QED) is 0.818. The van der Waals surface area contributed by atoms with Crippen LogP contribution in [0.1, 0.15) is 25.7 Å². The molecular weight excluding hydrogens is 310 g/mol. The lowest BCUT2D eigenvalue weighted by Crippen LogP contribution is -2.24. The molecule has 2 rings (SSSR count). The van der Waals surface area contributed by atoms with Crippen LogP contribution in [0.15, 0.2) is 20.1 Å². The minimum atomic E-state index is -3.30. The summed E-state index contributed by atoms with van der Waals surface area (Å²) in [5, 5.41) is 1.77. The molecule has 0 saturated heterocycles. The van der Waals surface area contributed by atoms with Gasteiger partial charge in [0.1, 0.15) is 4.21 Å². The van der Waals surface area contributed by atoms with E-state index >= 15 is 0 Å². The van der Waals surface area contributed by atoms with E-state index < -0.39 is 10.0 Å². The summed E-state index contributed by atoms with van der Waals surface area (Å²) in [5.74, 6) is 0.859. The summed E-state index contributed by atoms with van der Waals surface area (Å²) in [6.45, 7) is 0.545. The van der Waals surface area contributed by atoms with Crippen molar-refractivity contribution in [1.29, 1.82) is 0 Å². The van der Waals surface area contributed by atoms with E-state index in [1.54, 1.807) is 11.4 Å². The van der Waals surface area contributed by atoms with Gasteiger partial charge in [-0.3, -0.25) is 0 Å². The smallest absolute Gasteiger partial charge is 0.210 e. The Labute approximate surface area is 108 Å². The first kappa shape index (κ1) is 12.5. The average Bonchev–Trinajstić information content (AvgIpc) is 2.94. The molecule has 0 amide bonds. The molecule has 1 aromatic heterocycles. The van der Waals surface area contributed by atoms with E-state index in [4.69, 9.17) is 0 Å². The van der Waals surface area contributed by atoms with Gasteiger partial charge in [0.15, 0.2) is 0 Å². The Morgan fingerprint density at radius 3 is 2.81 bits per heavy atom. The Hall–Kier alpha value is 0.0900. The summed E-state index contributed by atoms with van der Waals surface area (Å²) in [5.41, 5.74) is 0.